The molecule has 0 bridgehead atoms. The summed E-state index contributed by atoms with van der Waals surface area (Å²) < 4.78 is 10.9. The first-order chi connectivity index (χ1) is 21.6. The smallest absolute Gasteiger partial charge is 0.118 e. The maximum atomic E-state index is 6.76. The number of halogens is 1. The van der Waals surface area contributed by atoms with Gasteiger partial charge >= 0.3 is 0 Å². The minimum Gasteiger partial charge on any atom is -0.497 e. The van der Waals surface area contributed by atoms with E-state index in [-0.39, 0.29) is 0 Å². The van der Waals surface area contributed by atoms with Crippen LogP contribution in [0.15, 0.2) is 152 Å². The van der Waals surface area contributed by atoms with Crippen molar-refractivity contribution in [3.63, 3.8) is 0 Å². The van der Waals surface area contributed by atoms with Crippen LogP contribution in [-0.2, 0) is 0 Å². The van der Waals surface area contributed by atoms with E-state index in [4.69, 9.17) is 21.1 Å². The fourth-order valence-electron chi connectivity index (χ4n) is 5.41. The van der Waals surface area contributed by atoms with Gasteiger partial charge in [0.2, 0.25) is 0 Å². The fourth-order valence-corrected chi connectivity index (χ4v) is 8.04. The van der Waals surface area contributed by atoms with E-state index in [1.807, 2.05) is 30.3 Å². The Balaban J connectivity index is 1.59. The monoisotopic (exact) mass is 610 g/mol. The van der Waals surface area contributed by atoms with E-state index in [9.17, 15) is 0 Å². The van der Waals surface area contributed by atoms with Gasteiger partial charge in [0.15, 0.2) is 0 Å². The van der Waals surface area contributed by atoms with Gasteiger partial charge in [-0.2, -0.15) is 0 Å². The van der Waals surface area contributed by atoms with E-state index in [1.54, 1.807) is 14.2 Å². The molecule has 0 fully saturated rings. The Hall–Kier alpha value is -4.62. The summed E-state index contributed by atoms with van der Waals surface area (Å²) in [5.41, 5.74) is 6.56. The summed E-state index contributed by atoms with van der Waals surface area (Å²) >= 11 is 6.76. The molecule has 0 radical (unpaired) electrons. The van der Waals surface area contributed by atoms with Crippen LogP contribution in [-0.4, -0.2) is 14.2 Å². The second-order valence-electron chi connectivity index (χ2n) is 10.3. The summed E-state index contributed by atoms with van der Waals surface area (Å²) in [6.07, 6.45) is 2.22. The van der Waals surface area contributed by atoms with Crippen molar-refractivity contribution in [1.29, 1.82) is 0 Å². The summed E-state index contributed by atoms with van der Waals surface area (Å²) in [4.78, 5) is 0. The number of hydrogen-bond donors (Lipinski definition) is 0. The van der Waals surface area contributed by atoms with E-state index in [1.165, 1.54) is 21.5 Å². The van der Waals surface area contributed by atoms with Crippen molar-refractivity contribution in [2.24, 2.45) is 0 Å². The molecule has 2 nitrogen and oxygen atoms in total. The molecule has 0 aliphatic heterocycles. The molecule has 44 heavy (non-hydrogen) atoms. The van der Waals surface area contributed by atoms with Crippen LogP contribution in [0.1, 0.15) is 16.7 Å². The predicted octanol–water partition coefficient (Wildman–Crippen LogP) is 9.37. The Morgan fingerprint density at radius 1 is 0.568 bits per heavy atom. The number of ether oxygens (including phenoxy) is 2. The number of hydrogen-bond acceptors (Lipinski definition) is 2. The van der Waals surface area contributed by atoms with Gasteiger partial charge in [-0.05, 0) is 99.7 Å². The molecule has 0 heterocycles. The average Bonchev–Trinajstić information content (AvgIpc) is 3.09. The predicted molar refractivity (Wildman–Crippen MR) is 189 cm³/mol. The van der Waals surface area contributed by atoms with Crippen molar-refractivity contribution < 1.29 is 9.47 Å². The van der Waals surface area contributed by atoms with Gasteiger partial charge in [0.05, 0.1) is 14.2 Å². The molecule has 216 valence electrons. The van der Waals surface area contributed by atoms with Crippen LogP contribution in [0.5, 0.6) is 11.5 Å². The zero-order chi connectivity index (χ0) is 30.3. The van der Waals surface area contributed by atoms with Crippen molar-refractivity contribution in [3.05, 3.63) is 173 Å². The summed E-state index contributed by atoms with van der Waals surface area (Å²) in [6.45, 7) is 0. The molecule has 6 rings (SSSR count). The lowest BCUT2D eigenvalue weighted by molar-refractivity contribution is 0.414. The maximum Gasteiger partial charge on any atom is 0.118 e. The van der Waals surface area contributed by atoms with Crippen molar-refractivity contribution >= 4 is 47.1 Å². The lowest BCUT2D eigenvalue weighted by Crippen LogP contribution is -2.22. The third-order valence-electron chi connectivity index (χ3n) is 7.56. The fraction of sp³-hybridized carbons (Fsp3) is 0.0500. The van der Waals surface area contributed by atoms with Crippen LogP contribution in [0, 0.1) is 0 Å². The van der Waals surface area contributed by atoms with E-state index in [2.05, 4.69) is 127 Å². The minimum atomic E-state index is -0.827. The van der Waals surface area contributed by atoms with Gasteiger partial charge < -0.3 is 9.47 Å². The van der Waals surface area contributed by atoms with Crippen LogP contribution in [0.3, 0.4) is 0 Å². The van der Waals surface area contributed by atoms with E-state index < -0.39 is 7.92 Å². The lowest BCUT2D eigenvalue weighted by atomic mass is 9.89. The molecular formula is C40H32ClO2P. The summed E-state index contributed by atoms with van der Waals surface area (Å²) in [5, 5.41) is 4.59. The van der Waals surface area contributed by atoms with Crippen molar-refractivity contribution in [3.8, 4) is 22.6 Å². The minimum absolute atomic E-state index is 0.684. The molecule has 0 aliphatic rings. The van der Waals surface area contributed by atoms with Gasteiger partial charge in [-0.1, -0.05) is 127 Å². The van der Waals surface area contributed by atoms with Gasteiger partial charge in [-0.3, -0.25) is 0 Å². The Bertz CT molecular complexity index is 1830. The first-order valence-corrected chi connectivity index (χ1v) is 16.2. The summed E-state index contributed by atoms with van der Waals surface area (Å²) in [5.74, 6) is 1.63. The van der Waals surface area contributed by atoms with Gasteiger partial charge in [-0.15, -0.1) is 0 Å². The van der Waals surface area contributed by atoms with Crippen LogP contribution in [0.4, 0.5) is 0 Å². The van der Waals surface area contributed by atoms with Crippen LogP contribution < -0.4 is 25.4 Å². The molecule has 0 spiro atoms. The maximum absolute atomic E-state index is 6.76. The molecule has 0 N–H and O–H groups in total. The van der Waals surface area contributed by atoms with Crippen LogP contribution >= 0.6 is 19.5 Å². The molecule has 6 aromatic rings. The third kappa shape index (κ3) is 6.48. The Morgan fingerprint density at radius 3 is 1.70 bits per heavy atom. The standard InChI is InChI=1S/C40H32ClO2P/c1-42-32-22-17-29(18-23-32)27-38(30-19-24-33(43-2)25-20-30)39-28-31(41)21-26-36(39)37-15-9-10-16-40(37)44(34-11-5-3-6-12-34)35-13-7-4-8-14-35/h3-28H,1-2H3/b38-27+. The lowest BCUT2D eigenvalue weighted by Gasteiger charge is -2.24. The largest absolute Gasteiger partial charge is 0.497 e. The highest BCUT2D eigenvalue weighted by Crippen LogP contribution is 2.41. The zero-order valence-electron chi connectivity index (χ0n) is 24.7. The zero-order valence-corrected chi connectivity index (χ0v) is 26.3. The SMILES string of the molecule is COc1ccc(/C=C(\c2ccc(OC)cc2)c2cc(Cl)ccc2-c2ccccc2P(c2ccccc2)c2ccccc2)cc1. The molecule has 0 aromatic heterocycles. The number of benzene rings is 6. The second kappa shape index (κ2) is 13.8. The van der Waals surface area contributed by atoms with Gasteiger partial charge in [0.25, 0.3) is 0 Å². The normalized spacial score (nSPS) is 11.4. The molecule has 0 unspecified atom stereocenters. The van der Waals surface area contributed by atoms with Crippen molar-refractivity contribution in [1.82, 2.24) is 0 Å². The summed E-state index contributed by atoms with van der Waals surface area (Å²) in [6, 6.07) is 53.0. The highest BCUT2D eigenvalue weighted by atomic mass is 35.5. The molecule has 0 atom stereocenters. The quantitative estimate of drug-likeness (QED) is 0.120. The molecule has 0 saturated carbocycles. The first kappa shape index (κ1) is 29.5. The highest BCUT2D eigenvalue weighted by molar-refractivity contribution is 7.80. The molecule has 0 amide bonds. The molecule has 0 aliphatic carbocycles. The Labute approximate surface area is 266 Å². The molecular weight excluding hydrogens is 579 g/mol. The Morgan fingerprint density at radius 2 is 1.11 bits per heavy atom. The topological polar surface area (TPSA) is 18.5 Å². The van der Waals surface area contributed by atoms with Crippen LogP contribution in [0.2, 0.25) is 5.02 Å². The molecule has 6 aromatic carbocycles. The van der Waals surface area contributed by atoms with Crippen molar-refractivity contribution in [2.45, 2.75) is 0 Å². The summed E-state index contributed by atoms with van der Waals surface area (Å²) in [7, 11) is 2.54. The van der Waals surface area contributed by atoms with Crippen LogP contribution in [0.25, 0.3) is 22.8 Å². The van der Waals surface area contributed by atoms with Gasteiger partial charge in [-0.25, -0.2) is 0 Å². The van der Waals surface area contributed by atoms with E-state index >= 15 is 0 Å². The van der Waals surface area contributed by atoms with Gasteiger partial charge in [0, 0.05) is 5.02 Å². The van der Waals surface area contributed by atoms with Gasteiger partial charge in [0.1, 0.15) is 11.5 Å². The Kier molecular flexibility index (Phi) is 9.22. The van der Waals surface area contributed by atoms with E-state index in [0.717, 1.165) is 39.3 Å². The second-order valence-corrected chi connectivity index (χ2v) is 12.9. The van der Waals surface area contributed by atoms with E-state index in [0.29, 0.717) is 5.02 Å². The molecule has 4 heteroatoms. The first-order valence-electron chi connectivity index (χ1n) is 14.4. The highest BCUT2D eigenvalue weighted by Gasteiger charge is 2.22. The third-order valence-corrected chi connectivity index (χ3v) is 10.3. The average molecular weight is 611 g/mol. The van der Waals surface area contributed by atoms with Crippen molar-refractivity contribution in [2.75, 3.05) is 14.2 Å². The molecule has 0 saturated heterocycles. The number of rotatable bonds is 9. The number of methoxy groups -OCH3 is 2.